The lowest BCUT2D eigenvalue weighted by Gasteiger charge is -2.06. The van der Waals surface area contributed by atoms with Crippen LogP contribution in [-0.4, -0.2) is 10.9 Å². The highest BCUT2D eigenvalue weighted by atomic mass is 79.9. The van der Waals surface area contributed by atoms with Gasteiger partial charge in [0, 0.05) is 15.9 Å². The van der Waals surface area contributed by atoms with Crippen molar-refractivity contribution < 1.29 is 13.9 Å². The standard InChI is InChI=1S/C20H16BrFN2O2S/c1-13-23-16(12-27-13)11-26-17-4-2-3-14(9-17)5-8-20(25)24-19-7-6-15(22)10-18(19)21/h2-10,12H,11H2,1H3,(H,24,25)/b8-5+. The van der Waals surface area contributed by atoms with E-state index in [9.17, 15) is 9.18 Å². The first kappa shape index (κ1) is 19.3. The van der Waals surface area contributed by atoms with Crippen molar-refractivity contribution in [2.24, 2.45) is 0 Å². The van der Waals surface area contributed by atoms with Gasteiger partial charge in [-0.1, -0.05) is 12.1 Å². The first-order valence-electron chi connectivity index (χ1n) is 8.07. The molecule has 0 fully saturated rings. The predicted octanol–water partition coefficient (Wildman–Crippen LogP) is 5.58. The van der Waals surface area contributed by atoms with Gasteiger partial charge >= 0.3 is 0 Å². The molecule has 1 heterocycles. The van der Waals surface area contributed by atoms with E-state index in [-0.39, 0.29) is 11.7 Å². The molecule has 1 aromatic heterocycles. The van der Waals surface area contributed by atoms with Crippen molar-refractivity contribution in [3.05, 3.63) is 80.5 Å². The normalized spacial score (nSPS) is 10.9. The lowest BCUT2D eigenvalue weighted by molar-refractivity contribution is -0.111. The maximum Gasteiger partial charge on any atom is 0.248 e. The number of hydrogen-bond acceptors (Lipinski definition) is 4. The maximum atomic E-state index is 13.1. The third-order valence-corrected chi connectivity index (χ3v) is 5.01. The van der Waals surface area contributed by atoms with E-state index in [1.54, 1.807) is 17.4 Å². The third kappa shape index (κ3) is 5.74. The minimum Gasteiger partial charge on any atom is -0.487 e. The number of carbonyl (C=O) groups is 1. The second-order valence-electron chi connectivity index (χ2n) is 5.67. The SMILES string of the molecule is Cc1nc(COc2cccc(/C=C/C(=O)Nc3ccc(F)cc3Br)c2)cs1. The topological polar surface area (TPSA) is 51.2 Å². The summed E-state index contributed by atoms with van der Waals surface area (Å²) in [5.41, 5.74) is 2.22. The summed E-state index contributed by atoms with van der Waals surface area (Å²) >= 11 is 4.80. The highest BCUT2D eigenvalue weighted by Gasteiger charge is 2.04. The van der Waals surface area contributed by atoms with Crippen molar-refractivity contribution in [2.45, 2.75) is 13.5 Å². The Morgan fingerprint density at radius 1 is 1.33 bits per heavy atom. The molecule has 0 aliphatic carbocycles. The molecule has 0 unspecified atom stereocenters. The number of ether oxygens (including phenoxy) is 1. The molecule has 1 amide bonds. The van der Waals surface area contributed by atoms with Gasteiger partial charge in [-0.15, -0.1) is 11.3 Å². The minimum atomic E-state index is -0.375. The zero-order valence-corrected chi connectivity index (χ0v) is 16.8. The number of benzene rings is 2. The molecule has 0 saturated heterocycles. The number of carbonyl (C=O) groups excluding carboxylic acids is 1. The number of aryl methyl sites for hydroxylation is 1. The number of hydrogen-bond donors (Lipinski definition) is 1. The van der Waals surface area contributed by atoms with E-state index in [0.717, 1.165) is 16.3 Å². The van der Waals surface area contributed by atoms with Crippen LogP contribution in [0.4, 0.5) is 10.1 Å². The summed E-state index contributed by atoms with van der Waals surface area (Å²) in [6, 6.07) is 11.5. The number of rotatable bonds is 6. The summed E-state index contributed by atoms with van der Waals surface area (Å²) in [5, 5.41) is 5.67. The Hall–Kier alpha value is -2.51. The molecule has 2 aromatic carbocycles. The van der Waals surface area contributed by atoms with Gasteiger partial charge in [0.2, 0.25) is 5.91 Å². The zero-order chi connectivity index (χ0) is 19.2. The second-order valence-corrected chi connectivity index (χ2v) is 7.58. The molecule has 1 N–H and O–H groups in total. The van der Waals surface area contributed by atoms with Gasteiger partial charge in [0.15, 0.2) is 0 Å². The Morgan fingerprint density at radius 2 is 2.19 bits per heavy atom. The van der Waals surface area contributed by atoms with Crippen LogP contribution in [-0.2, 0) is 11.4 Å². The smallest absolute Gasteiger partial charge is 0.248 e. The molecule has 3 aromatic rings. The van der Waals surface area contributed by atoms with Crippen LogP contribution in [0, 0.1) is 12.7 Å². The number of anilines is 1. The molecule has 0 atom stereocenters. The highest BCUT2D eigenvalue weighted by molar-refractivity contribution is 9.10. The highest BCUT2D eigenvalue weighted by Crippen LogP contribution is 2.23. The lowest BCUT2D eigenvalue weighted by atomic mass is 10.2. The van der Waals surface area contributed by atoms with E-state index in [4.69, 9.17) is 4.74 Å². The van der Waals surface area contributed by atoms with Crippen LogP contribution in [0.2, 0.25) is 0 Å². The first-order chi connectivity index (χ1) is 13.0. The number of aromatic nitrogens is 1. The number of nitrogens with zero attached hydrogens (tertiary/aromatic N) is 1. The fourth-order valence-electron chi connectivity index (χ4n) is 2.28. The van der Waals surface area contributed by atoms with Crippen molar-refractivity contribution in [2.75, 3.05) is 5.32 Å². The van der Waals surface area contributed by atoms with E-state index < -0.39 is 0 Å². The largest absolute Gasteiger partial charge is 0.487 e. The van der Waals surface area contributed by atoms with Gasteiger partial charge in [-0.05, 0) is 64.8 Å². The van der Waals surface area contributed by atoms with Gasteiger partial charge in [-0.2, -0.15) is 0 Å². The Kier molecular flexibility index (Phi) is 6.36. The minimum absolute atomic E-state index is 0.313. The number of thiazole rings is 1. The van der Waals surface area contributed by atoms with Gasteiger partial charge in [0.1, 0.15) is 18.2 Å². The van der Waals surface area contributed by atoms with Crippen molar-refractivity contribution >= 4 is 44.9 Å². The molecule has 0 spiro atoms. The summed E-state index contributed by atoms with van der Waals surface area (Å²) in [5.74, 6) is 0.0103. The van der Waals surface area contributed by atoms with E-state index in [2.05, 4.69) is 26.2 Å². The van der Waals surface area contributed by atoms with Crippen LogP contribution in [0.5, 0.6) is 5.75 Å². The van der Waals surface area contributed by atoms with Crippen LogP contribution in [0.3, 0.4) is 0 Å². The Balaban J connectivity index is 1.60. The summed E-state index contributed by atoms with van der Waals surface area (Å²) in [6.07, 6.45) is 3.10. The second kappa shape index (κ2) is 8.92. The van der Waals surface area contributed by atoms with Crippen LogP contribution in [0.15, 0.2) is 58.4 Å². The van der Waals surface area contributed by atoms with Crippen LogP contribution in [0.1, 0.15) is 16.3 Å². The molecule has 0 bridgehead atoms. The van der Waals surface area contributed by atoms with Gasteiger partial charge in [0.05, 0.1) is 16.4 Å². The Morgan fingerprint density at radius 3 is 2.93 bits per heavy atom. The molecule has 138 valence electrons. The molecule has 3 rings (SSSR count). The average Bonchev–Trinajstić information content (AvgIpc) is 3.06. The molecule has 0 radical (unpaired) electrons. The molecular weight excluding hydrogens is 431 g/mol. The summed E-state index contributed by atoms with van der Waals surface area (Å²) in [4.78, 5) is 16.4. The fourth-order valence-corrected chi connectivity index (χ4v) is 3.32. The average molecular weight is 447 g/mol. The Labute approximate surface area is 168 Å². The summed E-state index contributed by atoms with van der Waals surface area (Å²) in [6.45, 7) is 2.35. The van der Waals surface area contributed by atoms with E-state index in [1.165, 1.54) is 24.3 Å². The molecule has 7 heteroatoms. The van der Waals surface area contributed by atoms with Crippen molar-refractivity contribution in [1.29, 1.82) is 0 Å². The van der Waals surface area contributed by atoms with Gasteiger partial charge in [-0.3, -0.25) is 4.79 Å². The number of halogens is 2. The fraction of sp³-hybridized carbons (Fsp3) is 0.100. The number of nitrogens with one attached hydrogen (secondary N) is 1. The van der Waals surface area contributed by atoms with E-state index in [0.29, 0.717) is 22.5 Å². The Bertz CT molecular complexity index is 988. The van der Waals surface area contributed by atoms with Gasteiger partial charge in [0.25, 0.3) is 0 Å². The monoisotopic (exact) mass is 446 g/mol. The zero-order valence-electron chi connectivity index (χ0n) is 14.4. The van der Waals surface area contributed by atoms with Gasteiger partial charge in [-0.25, -0.2) is 9.37 Å². The quantitative estimate of drug-likeness (QED) is 0.502. The third-order valence-electron chi connectivity index (χ3n) is 3.53. The van der Waals surface area contributed by atoms with E-state index in [1.807, 2.05) is 36.6 Å². The van der Waals surface area contributed by atoms with Crippen LogP contribution < -0.4 is 10.1 Å². The maximum absolute atomic E-state index is 13.1. The van der Waals surface area contributed by atoms with Gasteiger partial charge < -0.3 is 10.1 Å². The first-order valence-corrected chi connectivity index (χ1v) is 9.75. The molecule has 0 aliphatic heterocycles. The van der Waals surface area contributed by atoms with Crippen molar-refractivity contribution in [1.82, 2.24) is 4.98 Å². The summed E-state index contributed by atoms with van der Waals surface area (Å²) in [7, 11) is 0. The molecule has 4 nitrogen and oxygen atoms in total. The molecular formula is C20H16BrFN2O2S. The lowest BCUT2D eigenvalue weighted by Crippen LogP contribution is -2.08. The van der Waals surface area contributed by atoms with Crippen molar-refractivity contribution in [3.8, 4) is 5.75 Å². The molecule has 0 saturated carbocycles. The predicted molar refractivity (Wildman–Crippen MR) is 109 cm³/mol. The molecule has 0 aliphatic rings. The number of amides is 1. The summed E-state index contributed by atoms with van der Waals surface area (Å²) < 4.78 is 19.3. The van der Waals surface area contributed by atoms with Crippen LogP contribution >= 0.6 is 27.3 Å². The molecule has 27 heavy (non-hydrogen) atoms. The van der Waals surface area contributed by atoms with Crippen LogP contribution in [0.25, 0.3) is 6.08 Å². The van der Waals surface area contributed by atoms with Crippen molar-refractivity contribution in [3.63, 3.8) is 0 Å². The van der Waals surface area contributed by atoms with E-state index >= 15 is 0 Å².